The first-order chi connectivity index (χ1) is 8.52. The van der Waals surface area contributed by atoms with Crippen molar-refractivity contribution in [3.05, 3.63) is 29.8 Å². The molecule has 0 aliphatic carbocycles. The minimum atomic E-state index is -0.210. The average molecular weight is 250 g/mol. The maximum Gasteiger partial charge on any atom is 0.242 e. The van der Waals surface area contributed by atoms with Crippen molar-refractivity contribution < 1.29 is 14.3 Å². The van der Waals surface area contributed by atoms with Crippen LogP contribution in [-0.2, 0) is 16.1 Å². The fraction of sp³-hybridized carbons (Fsp3) is 0.385. The van der Waals surface area contributed by atoms with Crippen LogP contribution in [0.15, 0.2) is 24.3 Å². The van der Waals surface area contributed by atoms with Crippen LogP contribution in [-0.4, -0.2) is 37.4 Å². The van der Waals surface area contributed by atoms with Crippen molar-refractivity contribution in [2.45, 2.75) is 13.5 Å². The highest BCUT2D eigenvalue weighted by atomic mass is 16.5. The van der Waals surface area contributed by atoms with Crippen LogP contribution >= 0.6 is 0 Å². The molecule has 0 aromatic heterocycles. The fourth-order valence-electron chi connectivity index (χ4n) is 1.47. The molecule has 1 aromatic rings. The van der Waals surface area contributed by atoms with Gasteiger partial charge < -0.3 is 15.0 Å². The van der Waals surface area contributed by atoms with E-state index in [1.165, 1.54) is 6.92 Å². The summed E-state index contributed by atoms with van der Waals surface area (Å²) in [6.45, 7) is 1.89. The van der Waals surface area contributed by atoms with E-state index in [0.29, 0.717) is 6.54 Å². The van der Waals surface area contributed by atoms with Crippen molar-refractivity contribution in [2.24, 2.45) is 0 Å². The van der Waals surface area contributed by atoms with Gasteiger partial charge in [0.15, 0.2) is 0 Å². The fourth-order valence-corrected chi connectivity index (χ4v) is 1.47. The van der Waals surface area contributed by atoms with Crippen LogP contribution in [0.1, 0.15) is 12.5 Å². The number of nitrogens with zero attached hydrogens (tertiary/aromatic N) is 1. The van der Waals surface area contributed by atoms with Crippen molar-refractivity contribution in [2.75, 3.05) is 20.7 Å². The zero-order valence-corrected chi connectivity index (χ0v) is 10.9. The maximum absolute atomic E-state index is 11.7. The first-order valence-corrected chi connectivity index (χ1v) is 5.64. The molecule has 1 rings (SSSR count). The predicted molar refractivity (Wildman–Crippen MR) is 68.2 cm³/mol. The lowest BCUT2D eigenvalue weighted by molar-refractivity contribution is -0.131. The Morgan fingerprint density at radius 2 is 2.11 bits per heavy atom. The summed E-state index contributed by atoms with van der Waals surface area (Å²) in [5.41, 5.74) is 0.980. The van der Waals surface area contributed by atoms with E-state index in [9.17, 15) is 9.59 Å². The van der Waals surface area contributed by atoms with Gasteiger partial charge in [-0.15, -0.1) is 0 Å². The molecule has 0 bridgehead atoms. The number of methoxy groups -OCH3 is 1. The number of carbonyl (C=O) groups excluding carboxylic acids is 2. The van der Waals surface area contributed by atoms with Crippen molar-refractivity contribution in [3.8, 4) is 5.75 Å². The van der Waals surface area contributed by atoms with Gasteiger partial charge in [0.1, 0.15) is 5.75 Å². The van der Waals surface area contributed by atoms with E-state index < -0.39 is 0 Å². The van der Waals surface area contributed by atoms with E-state index in [-0.39, 0.29) is 18.4 Å². The second kappa shape index (κ2) is 6.64. The quantitative estimate of drug-likeness (QED) is 0.840. The Kier molecular flexibility index (Phi) is 5.17. The first kappa shape index (κ1) is 14.0. The summed E-state index contributed by atoms with van der Waals surface area (Å²) in [6.07, 6.45) is 0. The van der Waals surface area contributed by atoms with Gasteiger partial charge in [-0.05, 0) is 17.7 Å². The number of hydrogen-bond acceptors (Lipinski definition) is 3. The summed E-state index contributed by atoms with van der Waals surface area (Å²) in [5, 5.41) is 2.48. The highest BCUT2D eigenvalue weighted by Gasteiger charge is 2.09. The molecule has 0 saturated heterocycles. The second-order valence-corrected chi connectivity index (χ2v) is 4.01. The third kappa shape index (κ3) is 4.45. The molecule has 2 amide bonds. The number of rotatable bonds is 5. The lowest BCUT2D eigenvalue weighted by atomic mass is 10.2. The lowest BCUT2D eigenvalue weighted by Crippen LogP contribution is -2.36. The molecule has 5 heteroatoms. The van der Waals surface area contributed by atoms with Gasteiger partial charge in [0.25, 0.3) is 0 Å². The van der Waals surface area contributed by atoms with Gasteiger partial charge in [-0.2, -0.15) is 0 Å². The molecule has 0 heterocycles. The van der Waals surface area contributed by atoms with Gasteiger partial charge in [-0.3, -0.25) is 9.59 Å². The third-order valence-electron chi connectivity index (χ3n) is 2.47. The van der Waals surface area contributed by atoms with Gasteiger partial charge in [0.05, 0.1) is 13.7 Å². The van der Waals surface area contributed by atoms with Crippen LogP contribution < -0.4 is 10.1 Å². The van der Waals surface area contributed by atoms with E-state index in [1.54, 1.807) is 19.1 Å². The Morgan fingerprint density at radius 1 is 1.39 bits per heavy atom. The summed E-state index contributed by atoms with van der Waals surface area (Å²) < 4.78 is 5.12. The second-order valence-electron chi connectivity index (χ2n) is 4.01. The summed E-state index contributed by atoms with van der Waals surface area (Å²) in [5.74, 6) is 0.418. The monoisotopic (exact) mass is 250 g/mol. The Labute approximate surface area is 107 Å². The summed E-state index contributed by atoms with van der Waals surface area (Å²) in [6, 6.07) is 7.52. The molecule has 0 atom stereocenters. The summed E-state index contributed by atoms with van der Waals surface area (Å²) >= 11 is 0. The SMILES string of the molecule is COc1cccc(CN(C)C(=O)CNC(C)=O)c1. The Bertz CT molecular complexity index is 432. The molecule has 0 aliphatic heterocycles. The van der Waals surface area contributed by atoms with Crippen molar-refractivity contribution in [3.63, 3.8) is 0 Å². The molecule has 0 unspecified atom stereocenters. The van der Waals surface area contributed by atoms with E-state index in [1.807, 2.05) is 24.3 Å². The molecule has 0 radical (unpaired) electrons. The van der Waals surface area contributed by atoms with Crippen LogP contribution in [0.4, 0.5) is 0 Å². The van der Waals surface area contributed by atoms with Gasteiger partial charge in [-0.1, -0.05) is 12.1 Å². The normalized spacial score (nSPS) is 9.72. The third-order valence-corrected chi connectivity index (χ3v) is 2.47. The molecule has 1 N–H and O–H groups in total. The minimum Gasteiger partial charge on any atom is -0.497 e. The maximum atomic E-state index is 11.7. The zero-order chi connectivity index (χ0) is 13.5. The number of amides is 2. The summed E-state index contributed by atoms with van der Waals surface area (Å²) in [4.78, 5) is 24.0. The molecule has 1 aromatic carbocycles. The zero-order valence-electron chi connectivity index (χ0n) is 10.9. The van der Waals surface area contributed by atoms with Crippen molar-refractivity contribution in [1.82, 2.24) is 10.2 Å². The van der Waals surface area contributed by atoms with Crippen LogP contribution in [0, 0.1) is 0 Å². The number of ether oxygens (including phenoxy) is 1. The molecule has 0 fully saturated rings. The topological polar surface area (TPSA) is 58.6 Å². The number of benzene rings is 1. The standard InChI is InChI=1S/C13H18N2O3/c1-10(16)14-8-13(17)15(2)9-11-5-4-6-12(7-11)18-3/h4-7H,8-9H2,1-3H3,(H,14,16). The van der Waals surface area contributed by atoms with Gasteiger partial charge in [0.2, 0.25) is 11.8 Å². The van der Waals surface area contributed by atoms with Gasteiger partial charge >= 0.3 is 0 Å². The predicted octanol–water partition coefficient (Wildman–Crippen LogP) is 0.790. The average Bonchev–Trinajstić information content (AvgIpc) is 2.36. The van der Waals surface area contributed by atoms with Crippen LogP contribution in [0.5, 0.6) is 5.75 Å². The van der Waals surface area contributed by atoms with Crippen LogP contribution in [0.2, 0.25) is 0 Å². The number of carbonyl (C=O) groups is 2. The Morgan fingerprint density at radius 3 is 2.72 bits per heavy atom. The highest BCUT2D eigenvalue weighted by Crippen LogP contribution is 2.13. The number of hydrogen-bond donors (Lipinski definition) is 1. The van der Waals surface area contributed by atoms with E-state index in [0.717, 1.165) is 11.3 Å². The molecule has 0 aliphatic rings. The molecule has 5 nitrogen and oxygen atoms in total. The Hall–Kier alpha value is -2.04. The van der Waals surface area contributed by atoms with Gasteiger partial charge in [-0.25, -0.2) is 0 Å². The number of nitrogens with one attached hydrogen (secondary N) is 1. The largest absolute Gasteiger partial charge is 0.497 e. The minimum absolute atomic E-state index is 0.0236. The van der Waals surface area contributed by atoms with E-state index in [2.05, 4.69) is 5.32 Å². The summed E-state index contributed by atoms with van der Waals surface area (Å²) in [7, 11) is 3.30. The molecule has 0 spiro atoms. The highest BCUT2D eigenvalue weighted by molar-refractivity contribution is 5.83. The van der Waals surface area contributed by atoms with Gasteiger partial charge in [0, 0.05) is 20.5 Å². The molecular formula is C13H18N2O3. The van der Waals surface area contributed by atoms with E-state index in [4.69, 9.17) is 4.74 Å². The molecular weight excluding hydrogens is 232 g/mol. The molecule has 0 saturated carbocycles. The smallest absolute Gasteiger partial charge is 0.242 e. The Balaban J connectivity index is 2.54. The van der Waals surface area contributed by atoms with Crippen LogP contribution in [0.3, 0.4) is 0 Å². The number of likely N-dealkylation sites (N-methyl/N-ethyl adjacent to an activating group) is 1. The van der Waals surface area contributed by atoms with E-state index >= 15 is 0 Å². The molecule has 18 heavy (non-hydrogen) atoms. The van der Waals surface area contributed by atoms with Crippen molar-refractivity contribution >= 4 is 11.8 Å². The van der Waals surface area contributed by atoms with Crippen LogP contribution in [0.25, 0.3) is 0 Å². The molecule has 98 valence electrons. The van der Waals surface area contributed by atoms with Crippen molar-refractivity contribution in [1.29, 1.82) is 0 Å². The lowest BCUT2D eigenvalue weighted by Gasteiger charge is -2.17. The first-order valence-electron chi connectivity index (χ1n) is 5.64.